The fraction of sp³-hybridized carbons (Fsp3) is 0.120. The van der Waals surface area contributed by atoms with Gasteiger partial charge in [0.25, 0.3) is 11.8 Å². The molecule has 178 valence electrons. The standard InChI is InChI=1S/C25H21ClN4O4S/c1-34-21-10-6-5-9-19(21)27-22(31)15-20-24(33)29(18-13-11-17(26)12-14-18)25(35)30(20)28-23(32)16-7-3-2-4-8-16/h2-14,20H,15H2,1H3,(H,27,31)(H,28,32). The van der Waals surface area contributed by atoms with E-state index in [9.17, 15) is 14.4 Å². The summed E-state index contributed by atoms with van der Waals surface area (Å²) in [5.41, 5.74) is 4.00. The molecule has 35 heavy (non-hydrogen) atoms. The first-order valence-corrected chi connectivity index (χ1v) is 11.4. The van der Waals surface area contributed by atoms with Gasteiger partial charge in [0, 0.05) is 10.6 Å². The number of carbonyl (C=O) groups excluding carboxylic acids is 3. The third kappa shape index (κ3) is 5.26. The lowest BCUT2D eigenvalue weighted by atomic mass is 10.1. The number of carbonyl (C=O) groups is 3. The summed E-state index contributed by atoms with van der Waals surface area (Å²) in [5.74, 6) is -0.895. The van der Waals surface area contributed by atoms with E-state index in [0.717, 1.165) is 0 Å². The minimum absolute atomic E-state index is 0.0386. The van der Waals surface area contributed by atoms with Gasteiger partial charge in [0.15, 0.2) is 0 Å². The number of hydrogen-bond donors (Lipinski definition) is 2. The minimum Gasteiger partial charge on any atom is -0.495 e. The molecule has 0 bridgehead atoms. The third-order valence-electron chi connectivity index (χ3n) is 5.32. The summed E-state index contributed by atoms with van der Waals surface area (Å²) in [6.07, 6.45) is -0.268. The van der Waals surface area contributed by atoms with Gasteiger partial charge in [0.2, 0.25) is 11.0 Å². The molecule has 0 saturated carbocycles. The number of anilines is 2. The van der Waals surface area contributed by atoms with Gasteiger partial charge in [-0.1, -0.05) is 41.9 Å². The molecule has 10 heteroatoms. The van der Waals surface area contributed by atoms with Crippen LogP contribution in [0.15, 0.2) is 78.9 Å². The van der Waals surface area contributed by atoms with Crippen molar-refractivity contribution in [2.24, 2.45) is 0 Å². The molecule has 0 aromatic heterocycles. The van der Waals surface area contributed by atoms with E-state index in [4.69, 9.17) is 28.6 Å². The molecule has 1 aliphatic heterocycles. The Morgan fingerprint density at radius 2 is 1.66 bits per heavy atom. The number of benzene rings is 3. The van der Waals surface area contributed by atoms with Crippen molar-refractivity contribution in [3.63, 3.8) is 0 Å². The van der Waals surface area contributed by atoms with Crippen LogP contribution in [-0.2, 0) is 9.59 Å². The molecule has 2 N–H and O–H groups in total. The Morgan fingerprint density at radius 3 is 2.34 bits per heavy atom. The Kier molecular flexibility index (Phi) is 7.28. The Balaban J connectivity index is 1.60. The van der Waals surface area contributed by atoms with Crippen LogP contribution in [0.3, 0.4) is 0 Å². The number of ether oxygens (including phenoxy) is 1. The van der Waals surface area contributed by atoms with Crippen molar-refractivity contribution >= 4 is 58.0 Å². The summed E-state index contributed by atoms with van der Waals surface area (Å²) in [5, 5.41) is 4.54. The van der Waals surface area contributed by atoms with E-state index < -0.39 is 23.8 Å². The first-order valence-electron chi connectivity index (χ1n) is 10.6. The predicted molar refractivity (Wildman–Crippen MR) is 137 cm³/mol. The molecule has 0 spiro atoms. The van der Waals surface area contributed by atoms with Gasteiger partial charge >= 0.3 is 0 Å². The highest BCUT2D eigenvalue weighted by Crippen LogP contribution is 2.28. The number of para-hydroxylation sites is 2. The van der Waals surface area contributed by atoms with E-state index in [1.165, 1.54) is 17.0 Å². The normalized spacial score (nSPS) is 15.2. The molecule has 4 rings (SSSR count). The van der Waals surface area contributed by atoms with Crippen molar-refractivity contribution in [3.8, 4) is 5.75 Å². The molecule has 8 nitrogen and oxygen atoms in total. The van der Waals surface area contributed by atoms with Crippen molar-refractivity contribution in [2.75, 3.05) is 17.3 Å². The molecule has 1 aliphatic rings. The van der Waals surface area contributed by atoms with E-state index in [1.54, 1.807) is 78.9 Å². The van der Waals surface area contributed by atoms with Crippen molar-refractivity contribution in [1.29, 1.82) is 0 Å². The van der Waals surface area contributed by atoms with Crippen LogP contribution in [0.25, 0.3) is 0 Å². The molecule has 1 atom stereocenters. The number of amides is 3. The van der Waals surface area contributed by atoms with Crippen LogP contribution in [0.1, 0.15) is 16.8 Å². The third-order valence-corrected chi connectivity index (χ3v) is 5.95. The van der Waals surface area contributed by atoms with Gasteiger partial charge in [-0.3, -0.25) is 24.7 Å². The number of thiocarbonyl (C=S) groups is 1. The Morgan fingerprint density at radius 1 is 1.00 bits per heavy atom. The summed E-state index contributed by atoms with van der Waals surface area (Å²) >= 11 is 11.5. The predicted octanol–water partition coefficient (Wildman–Crippen LogP) is 4.02. The zero-order valence-corrected chi connectivity index (χ0v) is 20.2. The van der Waals surface area contributed by atoms with Crippen LogP contribution in [0.5, 0.6) is 5.75 Å². The molecule has 1 heterocycles. The van der Waals surface area contributed by atoms with Crippen LogP contribution in [0, 0.1) is 0 Å². The van der Waals surface area contributed by atoms with Gasteiger partial charge in [-0.2, -0.15) is 0 Å². The monoisotopic (exact) mass is 508 g/mol. The smallest absolute Gasteiger partial charge is 0.269 e. The van der Waals surface area contributed by atoms with Crippen LogP contribution < -0.4 is 20.4 Å². The average molecular weight is 509 g/mol. The second kappa shape index (κ2) is 10.5. The first-order chi connectivity index (χ1) is 16.9. The minimum atomic E-state index is -1.07. The molecule has 3 amide bonds. The summed E-state index contributed by atoms with van der Waals surface area (Å²) in [4.78, 5) is 40.5. The van der Waals surface area contributed by atoms with Gasteiger partial charge in [-0.15, -0.1) is 0 Å². The highest BCUT2D eigenvalue weighted by molar-refractivity contribution is 7.80. The fourth-order valence-corrected chi connectivity index (χ4v) is 4.11. The van der Waals surface area contributed by atoms with Crippen LogP contribution in [0.2, 0.25) is 5.02 Å². The topological polar surface area (TPSA) is 91.0 Å². The van der Waals surface area contributed by atoms with Gasteiger partial charge in [0.05, 0.1) is 24.9 Å². The fourth-order valence-electron chi connectivity index (χ4n) is 3.62. The van der Waals surface area contributed by atoms with Crippen molar-refractivity contribution in [1.82, 2.24) is 10.4 Å². The summed E-state index contributed by atoms with van der Waals surface area (Å²) in [6, 6.07) is 20.9. The number of halogens is 1. The summed E-state index contributed by atoms with van der Waals surface area (Å²) < 4.78 is 5.27. The Labute approximate surface area is 212 Å². The number of hydrogen-bond acceptors (Lipinski definition) is 5. The van der Waals surface area contributed by atoms with E-state index in [0.29, 0.717) is 27.7 Å². The highest BCUT2D eigenvalue weighted by Gasteiger charge is 2.45. The lowest BCUT2D eigenvalue weighted by molar-refractivity contribution is -0.124. The van der Waals surface area contributed by atoms with Crippen LogP contribution >= 0.6 is 23.8 Å². The molecule has 0 radical (unpaired) electrons. The van der Waals surface area contributed by atoms with Crippen LogP contribution in [-0.4, -0.2) is 41.0 Å². The van der Waals surface area contributed by atoms with Crippen molar-refractivity contribution < 1.29 is 19.1 Å². The SMILES string of the molecule is COc1ccccc1NC(=O)CC1C(=O)N(c2ccc(Cl)cc2)C(=S)N1NC(=O)c1ccccc1. The average Bonchev–Trinajstić information content (AvgIpc) is 3.09. The molecule has 0 aliphatic carbocycles. The van der Waals surface area contributed by atoms with Gasteiger partial charge in [0.1, 0.15) is 11.8 Å². The number of nitrogens with one attached hydrogen (secondary N) is 2. The maximum atomic E-state index is 13.4. The highest BCUT2D eigenvalue weighted by atomic mass is 35.5. The van der Waals surface area contributed by atoms with Crippen molar-refractivity contribution in [2.45, 2.75) is 12.5 Å². The molecule has 1 saturated heterocycles. The zero-order valence-electron chi connectivity index (χ0n) is 18.6. The summed E-state index contributed by atoms with van der Waals surface area (Å²) in [7, 11) is 1.49. The lowest BCUT2D eigenvalue weighted by Crippen LogP contribution is -2.49. The van der Waals surface area contributed by atoms with E-state index in [2.05, 4.69) is 10.7 Å². The molecule has 1 fully saturated rings. The zero-order chi connectivity index (χ0) is 24.9. The lowest BCUT2D eigenvalue weighted by Gasteiger charge is -2.24. The van der Waals surface area contributed by atoms with Crippen LogP contribution in [0.4, 0.5) is 11.4 Å². The summed E-state index contributed by atoms with van der Waals surface area (Å²) in [6.45, 7) is 0. The molecular formula is C25H21ClN4O4S. The first kappa shape index (κ1) is 24.2. The molecular weight excluding hydrogens is 488 g/mol. The molecule has 3 aromatic rings. The van der Waals surface area contributed by atoms with Gasteiger partial charge in [-0.05, 0) is 60.7 Å². The molecule has 1 unspecified atom stereocenters. The second-order valence-electron chi connectivity index (χ2n) is 7.58. The van der Waals surface area contributed by atoms with E-state index in [1.807, 2.05) is 0 Å². The van der Waals surface area contributed by atoms with Crippen molar-refractivity contribution in [3.05, 3.63) is 89.4 Å². The van der Waals surface area contributed by atoms with E-state index >= 15 is 0 Å². The number of methoxy groups -OCH3 is 1. The number of rotatable bonds is 7. The second-order valence-corrected chi connectivity index (χ2v) is 8.38. The van der Waals surface area contributed by atoms with E-state index in [-0.39, 0.29) is 11.5 Å². The maximum absolute atomic E-state index is 13.4. The van der Waals surface area contributed by atoms with Gasteiger partial charge in [-0.25, -0.2) is 5.01 Å². The Bertz CT molecular complexity index is 1270. The number of nitrogens with zero attached hydrogens (tertiary/aromatic N) is 2. The largest absolute Gasteiger partial charge is 0.495 e. The molecule has 3 aromatic carbocycles. The quantitative estimate of drug-likeness (QED) is 0.468. The maximum Gasteiger partial charge on any atom is 0.269 e. The van der Waals surface area contributed by atoms with Gasteiger partial charge < -0.3 is 10.1 Å². The number of hydrazine groups is 1. The Hall–Kier alpha value is -3.95.